The monoisotopic (exact) mass is 948 g/mol. The number of ether oxygens (including phenoxy) is 3. The molecule has 1 aliphatic carbocycles. The van der Waals surface area contributed by atoms with E-state index in [4.69, 9.17) is 37.4 Å². The predicted molar refractivity (Wildman–Crippen MR) is 232 cm³/mol. The van der Waals surface area contributed by atoms with Crippen molar-refractivity contribution in [2.45, 2.75) is 49.5 Å². The summed E-state index contributed by atoms with van der Waals surface area (Å²) in [6.07, 6.45) is -3.05. The first kappa shape index (κ1) is 44.2. The number of carbonyl (C=O) groups excluding carboxylic acids is 2. The van der Waals surface area contributed by atoms with E-state index in [0.29, 0.717) is 50.4 Å². The maximum atomic E-state index is 15.5. The van der Waals surface area contributed by atoms with Gasteiger partial charge < -0.3 is 23.9 Å². The SMILES string of the molecule is COc1cc2nc(CCn3c(=O)n4n(c3=O)[C@@H]3C[C@H]5C(=O)N(Nc6ncc(C(F)(F)F)cc6Cl)C(=O)[C@@]5(c5ccc(Cl)cc5)[C@@H](c5cccc(OC)c5O)C3=CC4)c(=O)n(C)c2cc1OC. The van der Waals surface area contributed by atoms with Crippen molar-refractivity contribution in [3.05, 3.63) is 142 Å². The van der Waals surface area contributed by atoms with Crippen LogP contribution in [0.15, 0.2) is 92.9 Å². The van der Waals surface area contributed by atoms with Gasteiger partial charge in [-0.2, -0.15) is 18.2 Å². The van der Waals surface area contributed by atoms with Crippen molar-refractivity contribution in [2.24, 2.45) is 13.0 Å². The average molecular weight is 950 g/mol. The minimum absolute atomic E-state index is 0.0209. The number of pyridine rings is 1. The lowest BCUT2D eigenvalue weighted by Crippen LogP contribution is -2.53. The van der Waals surface area contributed by atoms with E-state index >= 15 is 4.79 Å². The molecular formula is C44H37Cl2F3N8O9. The summed E-state index contributed by atoms with van der Waals surface area (Å²) in [6.45, 7) is -0.468. The van der Waals surface area contributed by atoms with Gasteiger partial charge in [0.15, 0.2) is 28.8 Å². The highest BCUT2D eigenvalue weighted by molar-refractivity contribution is 6.33. The lowest BCUT2D eigenvalue weighted by Gasteiger charge is -2.49. The van der Waals surface area contributed by atoms with Crippen molar-refractivity contribution < 1.29 is 42.1 Å². The van der Waals surface area contributed by atoms with Crippen LogP contribution in [0.1, 0.15) is 40.8 Å². The number of aryl methyl sites for hydroxylation is 2. The molecule has 6 aromatic rings. The zero-order chi connectivity index (χ0) is 47.1. The smallest absolute Gasteiger partial charge is 0.417 e. The Morgan fingerprint density at radius 1 is 0.924 bits per heavy atom. The lowest BCUT2D eigenvalue weighted by atomic mass is 9.53. The number of phenolic OH excluding ortho intramolecular Hbond substituents is 1. The molecule has 5 heterocycles. The first-order valence-corrected chi connectivity index (χ1v) is 20.9. The fraction of sp³-hybridized carbons (Fsp3) is 0.295. The molecule has 0 spiro atoms. The van der Waals surface area contributed by atoms with Gasteiger partial charge in [-0.3, -0.25) is 19.8 Å². The maximum absolute atomic E-state index is 15.5. The molecule has 9 rings (SSSR count). The van der Waals surface area contributed by atoms with Crippen LogP contribution in [0, 0.1) is 5.92 Å². The van der Waals surface area contributed by atoms with Crippen LogP contribution in [0.5, 0.6) is 23.0 Å². The number of methoxy groups -OCH3 is 3. The van der Waals surface area contributed by atoms with Crippen molar-refractivity contribution in [2.75, 3.05) is 26.8 Å². The van der Waals surface area contributed by atoms with Gasteiger partial charge in [0.2, 0.25) is 0 Å². The average Bonchev–Trinajstić information content (AvgIpc) is 3.67. The highest BCUT2D eigenvalue weighted by Crippen LogP contribution is 2.63. The number of aromatic hydroxyl groups is 1. The molecule has 3 aromatic heterocycles. The number of halogens is 5. The number of nitrogens with one attached hydrogen (secondary N) is 1. The van der Waals surface area contributed by atoms with Gasteiger partial charge in [-0.05, 0) is 41.8 Å². The third kappa shape index (κ3) is 6.63. The van der Waals surface area contributed by atoms with Crippen LogP contribution < -0.4 is 36.6 Å². The highest BCUT2D eigenvalue weighted by atomic mass is 35.5. The molecular weight excluding hydrogens is 912 g/mol. The van der Waals surface area contributed by atoms with Crippen LogP contribution in [0.4, 0.5) is 19.0 Å². The van der Waals surface area contributed by atoms with Gasteiger partial charge in [-0.25, -0.2) is 33.5 Å². The van der Waals surface area contributed by atoms with Crippen LogP contribution >= 0.6 is 23.2 Å². The summed E-state index contributed by atoms with van der Waals surface area (Å²) in [4.78, 5) is 81.3. The molecule has 0 bridgehead atoms. The molecule has 3 aromatic carbocycles. The number of fused-ring (bicyclic) bond motifs is 5. The van der Waals surface area contributed by atoms with Gasteiger partial charge in [0.25, 0.3) is 17.4 Å². The van der Waals surface area contributed by atoms with Crippen LogP contribution in [-0.4, -0.2) is 71.7 Å². The van der Waals surface area contributed by atoms with E-state index in [-0.39, 0.29) is 54.3 Å². The van der Waals surface area contributed by atoms with E-state index < -0.39 is 74.6 Å². The van der Waals surface area contributed by atoms with Gasteiger partial charge in [-0.1, -0.05) is 53.5 Å². The number of nitrogens with zero attached hydrogens (tertiary/aromatic N) is 7. The fourth-order valence-electron chi connectivity index (χ4n) is 9.65. The molecule has 2 N–H and O–H groups in total. The second-order valence-electron chi connectivity index (χ2n) is 15.9. The molecule has 2 fully saturated rings. The maximum Gasteiger partial charge on any atom is 0.417 e. The third-order valence-electron chi connectivity index (χ3n) is 12.7. The van der Waals surface area contributed by atoms with Crippen molar-refractivity contribution >= 4 is 51.9 Å². The summed E-state index contributed by atoms with van der Waals surface area (Å²) in [7, 11) is 5.80. The molecule has 2 amide bonds. The predicted octanol–water partition coefficient (Wildman–Crippen LogP) is 5.37. The molecule has 17 nitrogen and oxygen atoms in total. The summed E-state index contributed by atoms with van der Waals surface area (Å²) in [6, 6.07) is 13.5. The number of hydrogen-bond donors (Lipinski definition) is 2. The molecule has 3 aliphatic rings. The fourth-order valence-corrected chi connectivity index (χ4v) is 9.99. The minimum Gasteiger partial charge on any atom is -0.504 e. The molecule has 0 radical (unpaired) electrons. The molecule has 1 saturated carbocycles. The number of para-hydroxylation sites is 1. The van der Waals surface area contributed by atoms with Gasteiger partial charge in [-0.15, -0.1) is 0 Å². The van der Waals surface area contributed by atoms with Crippen molar-refractivity contribution in [1.82, 2.24) is 33.5 Å². The number of anilines is 1. The number of hydrazine groups is 1. The standard InChI is InChI=1S/C44H37Cl2F3N8O9/c1-53-31-19-34(66-4)33(65-3)18-29(31)51-28(39(53)60)13-14-54-41(62)55-15-12-24-30(57(55)42(54)63)17-26-38(59)56(52-37-27(46)16-22(20-50-37)44(47,48)49)40(61)43(26,21-8-10-23(45)11-9-21)35(24)25-6-5-7-32(64-2)36(25)58/h5-12,16,18-20,26,30,35,58H,13-15,17H2,1-4H3,(H,50,52)/t26-,30+,35+,43+/m0/s1. The van der Waals surface area contributed by atoms with Gasteiger partial charge in [0.05, 0.1) is 66.9 Å². The Morgan fingerprint density at radius 2 is 1.62 bits per heavy atom. The van der Waals surface area contributed by atoms with Crippen molar-refractivity contribution in [3.63, 3.8) is 0 Å². The summed E-state index contributed by atoms with van der Waals surface area (Å²) in [5.41, 5.74) is -0.868. The van der Waals surface area contributed by atoms with E-state index in [9.17, 15) is 37.5 Å². The van der Waals surface area contributed by atoms with Crippen LogP contribution in [0.2, 0.25) is 10.0 Å². The topological polar surface area (TPSA) is 194 Å². The first-order valence-electron chi connectivity index (χ1n) is 20.2. The first-order chi connectivity index (χ1) is 31.5. The van der Waals surface area contributed by atoms with E-state index in [1.54, 1.807) is 49.5 Å². The van der Waals surface area contributed by atoms with Gasteiger partial charge in [0, 0.05) is 54.8 Å². The number of carbonyl (C=O) groups is 2. The van der Waals surface area contributed by atoms with Crippen LogP contribution in [-0.2, 0) is 47.7 Å². The summed E-state index contributed by atoms with van der Waals surface area (Å²) < 4.78 is 61.8. The number of benzene rings is 3. The van der Waals surface area contributed by atoms with Gasteiger partial charge in [0.1, 0.15) is 5.69 Å². The Morgan fingerprint density at radius 3 is 2.29 bits per heavy atom. The Balaban J connectivity index is 1.18. The molecule has 1 saturated heterocycles. The van der Waals surface area contributed by atoms with E-state index in [2.05, 4.69) is 15.4 Å². The third-order valence-corrected chi connectivity index (χ3v) is 13.2. The van der Waals surface area contributed by atoms with E-state index in [1.807, 2.05) is 0 Å². The number of amides is 2. The number of phenols is 1. The number of imide groups is 1. The molecule has 2 aliphatic heterocycles. The lowest BCUT2D eigenvalue weighted by molar-refractivity contribution is -0.139. The molecule has 22 heteroatoms. The van der Waals surface area contributed by atoms with E-state index in [1.165, 1.54) is 53.5 Å². The Labute approximate surface area is 380 Å². The molecule has 4 atom stereocenters. The Bertz CT molecular complexity index is 3240. The zero-order valence-electron chi connectivity index (χ0n) is 35.2. The van der Waals surface area contributed by atoms with E-state index in [0.717, 1.165) is 4.57 Å². The zero-order valence-corrected chi connectivity index (χ0v) is 36.7. The normalized spacial score (nSPS) is 20.2. The Kier molecular flexibility index (Phi) is 10.8. The molecule has 66 heavy (non-hydrogen) atoms. The number of alkyl halides is 3. The Hall–Kier alpha value is -7.06. The molecule has 0 unspecified atom stereocenters. The summed E-state index contributed by atoms with van der Waals surface area (Å²) in [5, 5.41) is 12.3. The largest absolute Gasteiger partial charge is 0.504 e. The second-order valence-corrected chi connectivity index (χ2v) is 16.7. The van der Waals surface area contributed by atoms with Crippen LogP contribution in [0.25, 0.3) is 11.0 Å². The quantitative estimate of drug-likeness (QED) is 0.132. The number of hydrogen-bond acceptors (Lipinski definition) is 12. The van der Waals surface area contributed by atoms with Crippen LogP contribution in [0.3, 0.4) is 0 Å². The van der Waals surface area contributed by atoms with Crippen molar-refractivity contribution in [3.8, 4) is 23.0 Å². The highest BCUT2D eigenvalue weighted by Gasteiger charge is 2.69. The summed E-state index contributed by atoms with van der Waals surface area (Å²) in [5.74, 6) is -4.47. The number of rotatable bonds is 10. The number of aromatic nitrogens is 6. The van der Waals surface area contributed by atoms with Gasteiger partial charge >= 0.3 is 17.6 Å². The summed E-state index contributed by atoms with van der Waals surface area (Å²) >= 11 is 12.6. The molecule has 342 valence electrons. The number of allylic oxidation sites excluding steroid dienone is 2. The minimum atomic E-state index is -4.80. The van der Waals surface area contributed by atoms with Crippen molar-refractivity contribution in [1.29, 1.82) is 0 Å². The second kappa shape index (κ2) is 16.1.